The van der Waals surface area contributed by atoms with Crippen LogP contribution in [0.4, 0.5) is 0 Å². The molecule has 2 aliphatic rings. The zero-order chi connectivity index (χ0) is 23.9. The molecule has 0 aromatic heterocycles. The predicted octanol–water partition coefficient (Wildman–Crippen LogP) is 6.06. The predicted molar refractivity (Wildman–Crippen MR) is 135 cm³/mol. The van der Waals surface area contributed by atoms with Crippen LogP contribution in [0.3, 0.4) is 0 Å². The first-order valence-corrected chi connectivity index (χ1v) is 12.4. The Morgan fingerprint density at radius 1 is 0.853 bits per heavy atom. The van der Waals surface area contributed by atoms with Crippen molar-refractivity contribution in [3.63, 3.8) is 0 Å². The van der Waals surface area contributed by atoms with Crippen LogP contribution in [0.2, 0.25) is 0 Å². The molecule has 5 heteroatoms. The molecule has 2 N–H and O–H groups in total. The zero-order valence-electron chi connectivity index (χ0n) is 20.1. The first-order chi connectivity index (χ1) is 16.7. The number of rotatable bonds is 6. The molecule has 0 bridgehead atoms. The van der Waals surface area contributed by atoms with Gasteiger partial charge in [-0.05, 0) is 91.5 Å². The summed E-state index contributed by atoms with van der Waals surface area (Å²) in [6.07, 6.45) is 3.16. The third-order valence-corrected chi connectivity index (χ3v) is 6.51. The van der Waals surface area contributed by atoms with E-state index in [1.165, 1.54) is 25.9 Å². The Labute approximate surface area is 202 Å². The third kappa shape index (κ3) is 5.65. The van der Waals surface area contributed by atoms with Crippen LogP contribution in [-0.4, -0.2) is 41.4 Å². The molecule has 5 rings (SSSR count). The van der Waals surface area contributed by atoms with Crippen molar-refractivity contribution in [3.05, 3.63) is 83.4 Å². The summed E-state index contributed by atoms with van der Waals surface area (Å²) in [6.45, 7) is 8.03. The van der Waals surface area contributed by atoms with E-state index >= 15 is 0 Å². The van der Waals surface area contributed by atoms with Gasteiger partial charge in [0.05, 0.1) is 0 Å². The van der Waals surface area contributed by atoms with Gasteiger partial charge in [-0.15, -0.1) is 0 Å². The molecule has 0 spiro atoms. The molecule has 1 saturated heterocycles. The van der Waals surface area contributed by atoms with Crippen molar-refractivity contribution >= 4 is 0 Å². The highest BCUT2D eigenvalue weighted by atomic mass is 16.5. The quantitative estimate of drug-likeness (QED) is 0.467. The van der Waals surface area contributed by atoms with Crippen molar-refractivity contribution in [2.45, 2.75) is 45.1 Å². The van der Waals surface area contributed by atoms with Gasteiger partial charge in [-0.2, -0.15) is 0 Å². The summed E-state index contributed by atoms with van der Waals surface area (Å²) in [5.74, 6) is 2.22. The fourth-order valence-electron chi connectivity index (χ4n) is 4.77. The Balaban J connectivity index is 0.00000133. The van der Waals surface area contributed by atoms with Crippen LogP contribution in [0.15, 0.2) is 66.7 Å². The van der Waals surface area contributed by atoms with E-state index in [0.717, 1.165) is 41.2 Å². The molecule has 3 aromatic rings. The second kappa shape index (κ2) is 11.3. The summed E-state index contributed by atoms with van der Waals surface area (Å²) in [4.78, 5) is 2.45. The molecule has 0 amide bonds. The highest BCUT2D eigenvalue weighted by Gasteiger charge is 2.32. The van der Waals surface area contributed by atoms with Gasteiger partial charge in [-0.3, -0.25) is 4.90 Å². The minimum absolute atomic E-state index is 0.0619. The van der Waals surface area contributed by atoms with Gasteiger partial charge in [-0.1, -0.05) is 38.1 Å². The van der Waals surface area contributed by atoms with Gasteiger partial charge in [0.15, 0.2) is 0 Å². The summed E-state index contributed by atoms with van der Waals surface area (Å²) in [5.41, 5.74) is 3.16. The summed E-state index contributed by atoms with van der Waals surface area (Å²) >= 11 is 0. The number of nitrogens with zero attached hydrogens (tertiary/aromatic N) is 1. The second-order valence-corrected chi connectivity index (χ2v) is 8.70. The van der Waals surface area contributed by atoms with Crippen molar-refractivity contribution in [2.75, 3.05) is 26.2 Å². The van der Waals surface area contributed by atoms with Gasteiger partial charge in [0.25, 0.3) is 0 Å². The molecule has 34 heavy (non-hydrogen) atoms. The maximum Gasteiger partial charge on any atom is 0.131 e. The Morgan fingerprint density at radius 3 is 2.21 bits per heavy atom. The van der Waals surface area contributed by atoms with Gasteiger partial charge in [0, 0.05) is 12.5 Å². The maximum atomic E-state index is 9.93. The van der Waals surface area contributed by atoms with E-state index < -0.39 is 0 Å². The third-order valence-electron chi connectivity index (χ3n) is 6.51. The lowest BCUT2D eigenvalue weighted by atomic mass is 9.82. The fourth-order valence-corrected chi connectivity index (χ4v) is 4.77. The van der Waals surface area contributed by atoms with Crippen LogP contribution in [0, 0.1) is 0 Å². The number of ether oxygens (including phenoxy) is 2. The van der Waals surface area contributed by atoms with Crippen molar-refractivity contribution in [2.24, 2.45) is 0 Å². The first-order valence-electron chi connectivity index (χ1n) is 12.4. The summed E-state index contributed by atoms with van der Waals surface area (Å²) in [7, 11) is 0. The number of benzene rings is 3. The molecule has 2 aliphatic heterocycles. The van der Waals surface area contributed by atoms with Crippen LogP contribution in [-0.2, 0) is 6.42 Å². The average molecular weight is 462 g/mol. The normalized spacial score (nSPS) is 19.5. The Morgan fingerprint density at radius 2 is 1.50 bits per heavy atom. The van der Waals surface area contributed by atoms with Gasteiger partial charge in [0.2, 0.25) is 0 Å². The molecule has 1 fully saturated rings. The molecule has 2 heterocycles. The van der Waals surface area contributed by atoms with E-state index in [1.807, 2.05) is 44.2 Å². The number of fused-ring (bicyclic) bond motifs is 1. The number of likely N-dealkylation sites (tertiary alicyclic amines) is 1. The summed E-state index contributed by atoms with van der Waals surface area (Å²) in [5, 5.41) is 19.7. The fraction of sp³-hybridized carbons (Fsp3) is 0.379. The van der Waals surface area contributed by atoms with Crippen LogP contribution >= 0.6 is 0 Å². The number of hydrogen-bond acceptors (Lipinski definition) is 5. The van der Waals surface area contributed by atoms with E-state index in [-0.39, 0.29) is 23.5 Å². The zero-order valence-corrected chi connectivity index (χ0v) is 20.1. The topological polar surface area (TPSA) is 62.2 Å². The van der Waals surface area contributed by atoms with Gasteiger partial charge in [0.1, 0.15) is 35.7 Å². The molecule has 0 saturated carbocycles. The van der Waals surface area contributed by atoms with E-state index in [9.17, 15) is 10.2 Å². The first kappa shape index (κ1) is 24.0. The lowest BCUT2D eigenvalue weighted by molar-refractivity contribution is 0.151. The minimum Gasteiger partial charge on any atom is -0.508 e. The highest BCUT2D eigenvalue weighted by molar-refractivity contribution is 5.45. The Kier molecular flexibility index (Phi) is 7.96. The summed E-state index contributed by atoms with van der Waals surface area (Å²) < 4.78 is 12.4. The molecule has 3 aromatic carbocycles. The van der Waals surface area contributed by atoms with Crippen molar-refractivity contribution in [3.8, 4) is 23.0 Å². The molecular weight excluding hydrogens is 426 g/mol. The highest BCUT2D eigenvalue weighted by Crippen LogP contribution is 2.45. The average Bonchev–Trinajstić information content (AvgIpc) is 3.39. The largest absolute Gasteiger partial charge is 0.508 e. The maximum absolute atomic E-state index is 9.93. The monoisotopic (exact) mass is 461 g/mol. The van der Waals surface area contributed by atoms with Crippen molar-refractivity contribution < 1.29 is 19.7 Å². The number of aromatic hydroxyl groups is 2. The van der Waals surface area contributed by atoms with Crippen LogP contribution in [0.1, 0.15) is 55.4 Å². The van der Waals surface area contributed by atoms with Gasteiger partial charge < -0.3 is 19.7 Å². The second-order valence-electron chi connectivity index (χ2n) is 8.70. The van der Waals surface area contributed by atoms with E-state index in [4.69, 9.17) is 9.47 Å². The molecular formula is C29H35NO4. The summed E-state index contributed by atoms with van der Waals surface area (Å²) in [6, 6.07) is 20.8. The standard InChI is InChI=1S/C27H29NO4.C2H6/c29-22-7-3-19(4-8-22)25-18-21-17-23(30)9-12-26(21)32-27(25)20-5-10-24(11-6-20)31-16-15-28-13-1-2-14-28;1-2/h3-12,17,25,27,29-30H,1-2,13-16,18H2;1-2H3/t25-,27+;/m0./s1. The van der Waals surface area contributed by atoms with Gasteiger partial charge >= 0.3 is 0 Å². The van der Waals surface area contributed by atoms with Crippen molar-refractivity contribution in [1.29, 1.82) is 0 Å². The van der Waals surface area contributed by atoms with E-state index in [0.29, 0.717) is 6.61 Å². The van der Waals surface area contributed by atoms with E-state index in [1.54, 1.807) is 24.3 Å². The van der Waals surface area contributed by atoms with E-state index in [2.05, 4.69) is 17.0 Å². The Bertz CT molecular complexity index is 1040. The van der Waals surface area contributed by atoms with Gasteiger partial charge in [-0.25, -0.2) is 0 Å². The smallest absolute Gasteiger partial charge is 0.131 e. The number of hydrogen-bond donors (Lipinski definition) is 2. The number of phenolic OH excluding ortho intramolecular Hbond substituents is 2. The molecule has 0 radical (unpaired) electrons. The molecule has 0 unspecified atom stereocenters. The minimum atomic E-state index is -0.171. The lowest BCUT2D eigenvalue weighted by Crippen LogP contribution is -2.25. The molecule has 0 aliphatic carbocycles. The van der Waals surface area contributed by atoms with Crippen LogP contribution < -0.4 is 9.47 Å². The SMILES string of the molecule is CC.Oc1ccc([C@@H]2Cc3cc(O)ccc3O[C@@H]2c2ccc(OCCN3CCCC3)cc2)cc1. The molecule has 180 valence electrons. The Hall–Kier alpha value is -3.18. The number of phenols is 2. The lowest BCUT2D eigenvalue weighted by Gasteiger charge is -2.34. The molecule has 2 atom stereocenters. The van der Waals surface area contributed by atoms with Crippen LogP contribution in [0.5, 0.6) is 23.0 Å². The molecule has 5 nitrogen and oxygen atoms in total. The van der Waals surface area contributed by atoms with Crippen LogP contribution in [0.25, 0.3) is 0 Å². The van der Waals surface area contributed by atoms with Crippen molar-refractivity contribution in [1.82, 2.24) is 4.90 Å².